The SMILES string of the molecule is NC(=O)C1NC2=Cc3ccccc3NC2S1. The van der Waals surface area contributed by atoms with Gasteiger partial charge in [-0.2, -0.15) is 0 Å². The number of hydrogen-bond donors (Lipinski definition) is 3. The van der Waals surface area contributed by atoms with Crippen LogP contribution in [-0.2, 0) is 4.79 Å². The van der Waals surface area contributed by atoms with E-state index in [1.807, 2.05) is 24.3 Å². The molecule has 3 rings (SSSR count). The molecule has 0 bridgehead atoms. The Balaban J connectivity index is 1.93. The van der Waals surface area contributed by atoms with Crippen LogP contribution in [0.3, 0.4) is 0 Å². The highest BCUT2D eigenvalue weighted by molar-refractivity contribution is 8.01. The number of rotatable bonds is 1. The molecule has 2 aliphatic heterocycles. The van der Waals surface area contributed by atoms with Crippen molar-refractivity contribution in [2.45, 2.75) is 10.7 Å². The number of nitrogens with two attached hydrogens (primary N) is 1. The fourth-order valence-electron chi connectivity index (χ4n) is 1.90. The summed E-state index contributed by atoms with van der Waals surface area (Å²) in [6, 6.07) is 8.05. The highest BCUT2D eigenvalue weighted by Gasteiger charge is 2.34. The molecule has 1 fully saturated rings. The predicted molar refractivity (Wildman–Crippen MR) is 65.5 cm³/mol. The van der Waals surface area contributed by atoms with Crippen molar-refractivity contribution < 1.29 is 4.79 Å². The van der Waals surface area contributed by atoms with E-state index < -0.39 is 0 Å². The molecular weight excluding hydrogens is 222 g/mol. The average Bonchev–Trinajstić information content (AvgIpc) is 2.68. The molecule has 82 valence electrons. The number of amides is 1. The molecule has 1 aromatic carbocycles. The van der Waals surface area contributed by atoms with Gasteiger partial charge in [0.25, 0.3) is 5.91 Å². The molecular formula is C11H11N3OS. The summed E-state index contributed by atoms with van der Waals surface area (Å²) >= 11 is 1.50. The lowest BCUT2D eigenvalue weighted by atomic mass is 10.1. The molecule has 0 aromatic heterocycles. The van der Waals surface area contributed by atoms with Gasteiger partial charge in [-0.1, -0.05) is 30.0 Å². The third-order valence-electron chi connectivity index (χ3n) is 2.67. The van der Waals surface area contributed by atoms with Crippen LogP contribution in [0.15, 0.2) is 30.0 Å². The van der Waals surface area contributed by atoms with Crippen LogP contribution in [0.1, 0.15) is 5.56 Å². The standard InChI is InChI=1S/C11H11N3OS/c12-9(15)11-14-8-5-6-3-1-2-4-7(6)13-10(8)16-11/h1-5,10-11,13-14H,(H2,12,15). The summed E-state index contributed by atoms with van der Waals surface area (Å²) in [7, 11) is 0. The zero-order valence-electron chi connectivity index (χ0n) is 8.44. The van der Waals surface area contributed by atoms with Gasteiger partial charge in [0.2, 0.25) is 0 Å². The number of carbonyl (C=O) groups excluding carboxylic acids is 1. The van der Waals surface area contributed by atoms with E-state index in [1.165, 1.54) is 11.8 Å². The van der Waals surface area contributed by atoms with Gasteiger partial charge in [-0.15, -0.1) is 0 Å². The van der Waals surface area contributed by atoms with E-state index in [1.54, 1.807) is 0 Å². The summed E-state index contributed by atoms with van der Waals surface area (Å²) in [4.78, 5) is 11.1. The number of hydrogen-bond acceptors (Lipinski definition) is 4. The maximum atomic E-state index is 11.1. The van der Waals surface area contributed by atoms with E-state index >= 15 is 0 Å². The zero-order chi connectivity index (χ0) is 11.1. The second kappa shape index (κ2) is 3.45. The Labute approximate surface area is 97.3 Å². The summed E-state index contributed by atoms with van der Waals surface area (Å²) in [6.07, 6.45) is 2.06. The van der Waals surface area contributed by atoms with Crippen molar-refractivity contribution in [3.63, 3.8) is 0 Å². The van der Waals surface area contributed by atoms with Gasteiger partial charge >= 0.3 is 0 Å². The number of primary amides is 1. The maximum absolute atomic E-state index is 11.1. The molecule has 4 nitrogen and oxygen atoms in total. The van der Waals surface area contributed by atoms with Crippen molar-refractivity contribution in [2.75, 3.05) is 5.32 Å². The van der Waals surface area contributed by atoms with Gasteiger partial charge in [-0.05, 0) is 17.7 Å². The van der Waals surface area contributed by atoms with E-state index in [4.69, 9.17) is 5.73 Å². The second-order valence-corrected chi connectivity index (χ2v) is 4.99. The molecule has 2 atom stereocenters. The summed E-state index contributed by atoms with van der Waals surface area (Å²) in [5, 5.41) is 6.26. The maximum Gasteiger partial charge on any atom is 0.250 e. The molecule has 2 aliphatic rings. The van der Waals surface area contributed by atoms with Crippen LogP contribution in [0.2, 0.25) is 0 Å². The number of thioether (sulfide) groups is 1. The smallest absolute Gasteiger partial charge is 0.250 e. The van der Waals surface area contributed by atoms with E-state index in [2.05, 4.69) is 16.7 Å². The molecule has 5 heteroatoms. The molecule has 0 aliphatic carbocycles. The van der Waals surface area contributed by atoms with Crippen LogP contribution >= 0.6 is 11.8 Å². The van der Waals surface area contributed by atoms with E-state index in [0.717, 1.165) is 16.9 Å². The summed E-state index contributed by atoms with van der Waals surface area (Å²) in [6.45, 7) is 0. The quantitative estimate of drug-likeness (QED) is 0.675. The van der Waals surface area contributed by atoms with Crippen molar-refractivity contribution in [2.24, 2.45) is 5.73 Å². The Morgan fingerprint density at radius 2 is 2.12 bits per heavy atom. The normalized spacial score (nSPS) is 25.9. The molecule has 4 N–H and O–H groups in total. The van der Waals surface area contributed by atoms with Gasteiger partial charge in [-0.3, -0.25) is 4.79 Å². The van der Waals surface area contributed by atoms with Crippen molar-refractivity contribution in [1.29, 1.82) is 0 Å². The minimum Gasteiger partial charge on any atom is -0.368 e. The number of para-hydroxylation sites is 1. The molecule has 1 saturated heterocycles. The highest BCUT2D eigenvalue weighted by atomic mass is 32.2. The lowest BCUT2D eigenvalue weighted by Crippen LogP contribution is -2.33. The number of anilines is 1. The van der Waals surface area contributed by atoms with Gasteiger partial charge in [0, 0.05) is 11.4 Å². The van der Waals surface area contributed by atoms with Crippen molar-refractivity contribution in [3.8, 4) is 0 Å². The molecule has 1 amide bonds. The third kappa shape index (κ3) is 1.44. The van der Waals surface area contributed by atoms with Gasteiger partial charge in [0.15, 0.2) is 5.37 Å². The van der Waals surface area contributed by atoms with Crippen LogP contribution in [0, 0.1) is 0 Å². The summed E-state index contributed by atoms with van der Waals surface area (Å²) in [5.74, 6) is -0.328. The third-order valence-corrected chi connectivity index (χ3v) is 3.94. The Hall–Kier alpha value is -1.62. The zero-order valence-corrected chi connectivity index (χ0v) is 9.25. The first-order chi connectivity index (χ1) is 7.74. The molecule has 16 heavy (non-hydrogen) atoms. The minimum atomic E-state index is -0.335. The average molecular weight is 233 g/mol. The molecule has 1 aromatic rings. The monoisotopic (exact) mass is 233 g/mol. The first kappa shape index (κ1) is 9.59. The van der Waals surface area contributed by atoms with Gasteiger partial charge in [0.05, 0.1) is 0 Å². The minimum absolute atomic E-state index is 0.104. The molecule has 0 spiro atoms. The van der Waals surface area contributed by atoms with Crippen LogP contribution in [-0.4, -0.2) is 16.7 Å². The first-order valence-corrected chi connectivity index (χ1v) is 5.97. The predicted octanol–water partition coefficient (Wildman–Crippen LogP) is 0.927. The summed E-state index contributed by atoms with van der Waals surface area (Å²) in [5.41, 5.74) is 8.53. The Morgan fingerprint density at radius 3 is 2.94 bits per heavy atom. The Bertz CT molecular complexity index is 486. The van der Waals surface area contributed by atoms with E-state index in [9.17, 15) is 4.79 Å². The molecule has 0 saturated carbocycles. The van der Waals surface area contributed by atoms with Crippen molar-refractivity contribution >= 4 is 29.4 Å². The number of fused-ring (bicyclic) bond motifs is 2. The van der Waals surface area contributed by atoms with Crippen LogP contribution in [0.5, 0.6) is 0 Å². The van der Waals surface area contributed by atoms with Crippen LogP contribution in [0.25, 0.3) is 6.08 Å². The highest BCUT2D eigenvalue weighted by Crippen LogP contribution is 2.36. The topological polar surface area (TPSA) is 67.2 Å². The Morgan fingerprint density at radius 1 is 1.31 bits per heavy atom. The number of benzene rings is 1. The van der Waals surface area contributed by atoms with Gasteiger partial charge in [-0.25, -0.2) is 0 Å². The fraction of sp³-hybridized carbons (Fsp3) is 0.182. The van der Waals surface area contributed by atoms with Crippen molar-refractivity contribution in [3.05, 3.63) is 35.5 Å². The van der Waals surface area contributed by atoms with Crippen molar-refractivity contribution in [1.82, 2.24) is 5.32 Å². The molecule has 2 unspecified atom stereocenters. The fourth-order valence-corrected chi connectivity index (χ4v) is 2.99. The van der Waals surface area contributed by atoms with Gasteiger partial charge < -0.3 is 16.4 Å². The largest absolute Gasteiger partial charge is 0.368 e. The van der Waals surface area contributed by atoms with Crippen LogP contribution in [0.4, 0.5) is 5.69 Å². The summed E-state index contributed by atoms with van der Waals surface area (Å²) < 4.78 is 0. The number of carbonyl (C=O) groups is 1. The van der Waals surface area contributed by atoms with Gasteiger partial charge in [0.1, 0.15) is 5.37 Å². The second-order valence-electron chi connectivity index (χ2n) is 3.77. The van der Waals surface area contributed by atoms with Crippen LogP contribution < -0.4 is 16.4 Å². The first-order valence-electron chi connectivity index (χ1n) is 5.02. The number of nitrogens with one attached hydrogen (secondary N) is 2. The lowest BCUT2D eigenvalue weighted by molar-refractivity contribution is -0.117. The molecule has 0 radical (unpaired) electrons. The Kier molecular flexibility index (Phi) is 2.07. The molecule has 2 heterocycles. The van der Waals surface area contributed by atoms with E-state index in [0.29, 0.717) is 0 Å². The van der Waals surface area contributed by atoms with E-state index in [-0.39, 0.29) is 16.7 Å². The lowest BCUT2D eigenvalue weighted by Gasteiger charge is -2.21.